The molecule has 0 aliphatic rings. The number of allylic oxidation sites excluding steroid dienone is 12. The fourth-order valence-electron chi connectivity index (χ4n) is 4.46. The molecule has 0 aliphatic carbocycles. The van der Waals surface area contributed by atoms with E-state index in [1.165, 1.54) is 38.5 Å². The third kappa shape index (κ3) is 35.1. The molecule has 0 fully saturated rings. The number of carbonyl (C=O) groups is 2. The number of carbonyl (C=O) groups excluding carboxylic acids is 2. The van der Waals surface area contributed by atoms with Crippen LogP contribution < -0.4 is 5.73 Å². The first-order valence-corrected chi connectivity index (χ1v) is 20.0. The molecule has 0 amide bonds. The second-order valence-electron chi connectivity index (χ2n) is 11.8. The van der Waals surface area contributed by atoms with Crippen molar-refractivity contribution >= 4 is 19.8 Å². The molecule has 49 heavy (non-hydrogen) atoms. The summed E-state index contributed by atoms with van der Waals surface area (Å²) in [7, 11) is -4.39. The summed E-state index contributed by atoms with van der Waals surface area (Å²) >= 11 is 0. The fraction of sp³-hybridized carbons (Fsp3) is 0.641. The molecular weight excluding hydrogens is 641 g/mol. The van der Waals surface area contributed by atoms with Gasteiger partial charge >= 0.3 is 19.8 Å². The second-order valence-corrected chi connectivity index (χ2v) is 13.2. The van der Waals surface area contributed by atoms with Gasteiger partial charge in [-0.1, -0.05) is 138 Å². The molecule has 0 heterocycles. The lowest BCUT2D eigenvalue weighted by Crippen LogP contribution is -2.29. The van der Waals surface area contributed by atoms with E-state index in [1.54, 1.807) is 0 Å². The van der Waals surface area contributed by atoms with Gasteiger partial charge in [0.2, 0.25) is 0 Å². The van der Waals surface area contributed by atoms with Crippen molar-refractivity contribution in [3.8, 4) is 0 Å². The van der Waals surface area contributed by atoms with Gasteiger partial charge in [-0.05, 0) is 51.4 Å². The normalized spacial score (nSPS) is 14.3. The third-order valence-electron chi connectivity index (χ3n) is 7.18. The molecule has 0 bridgehead atoms. The molecule has 2 unspecified atom stereocenters. The van der Waals surface area contributed by atoms with E-state index in [1.807, 2.05) is 42.5 Å². The highest BCUT2D eigenvalue weighted by Gasteiger charge is 2.25. The number of ether oxygens (including phenoxy) is 2. The summed E-state index contributed by atoms with van der Waals surface area (Å²) < 4.78 is 32.5. The molecule has 0 aromatic carbocycles. The second kappa shape index (κ2) is 35.3. The van der Waals surface area contributed by atoms with E-state index in [9.17, 15) is 19.0 Å². The van der Waals surface area contributed by atoms with Crippen LogP contribution in [-0.4, -0.2) is 49.3 Å². The Kier molecular flexibility index (Phi) is 33.4. The highest BCUT2D eigenvalue weighted by molar-refractivity contribution is 7.47. The molecule has 0 rings (SSSR count). The molecule has 0 saturated carbocycles. The molecule has 10 heteroatoms. The Morgan fingerprint density at radius 3 is 1.92 bits per heavy atom. The van der Waals surface area contributed by atoms with Crippen LogP contribution in [0, 0.1) is 0 Å². The minimum Gasteiger partial charge on any atom is -0.462 e. The van der Waals surface area contributed by atoms with Crippen molar-refractivity contribution in [3.05, 3.63) is 72.9 Å². The quantitative estimate of drug-likeness (QED) is 0.0225. The van der Waals surface area contributed by atoms with Crippen molar-refractivity contribution in [2.24, 2.45) is 5.73 Å². The number of nitrogens with two attached hydrogens (primary N) is 1. The Labute approximate surface area is 297 Å². The largest absolute Gasteiger partial charge is 0.472 e. The fourth-order valence-corrected chi connectivity index (χ4v) is 5.23. The highest BCUT2D eigenvalue weighted by atomic mass is 31.2. The smallest absolute Gasteiger partial charge is 0.462 e. The first kappa shape index (κ1) is 46.5. The van der Waals surface area contributed by atoms with Gasteiger partial charge in [0.15, 0.2) is 6.10 Å². The lowest BCUT2D eigenvalue weighted by atomic mass is 10.1. The van der Waals surface area contributed by atoms with Crippen LogP contribution in [0.4, 0.5) is 0 Å². The van der Waals surface area contributed by atoms with Gasteiger partial charge in [0, 0.05) is 19.4 Å². The molecule has 0 saturated heterocycles. The Balaban J connectivity index is 4.38. The van der Waals surface area contributed by atoms with Crippen molar-refractivity contribution in [2.75, 3.05) is 26.4 Å². The molecule has 3 N–H and O–H groups in total. The number of hydrogen-bond donors (Lipinski definition) is 2. The number of phosphoric acid groups is 1. The molecule has 0 radical (unpaired) electrons. The van der Waals surface area contributed by atoms with Crippen molar-refractivity contribution < 1.29 is 37.6 Å². The van der Waals surface area contributed by atoms with Crippen LogP contribution in [0.5, 0.6) is 0 Å². The molecule has 2 atom stereocenters. The van der Waals surface area contributed by atoms with Crippen LogP contribution in [0.15, 0.2) is 72.9 Å². The molecule has 280 valence electrons. The van der Waals surface area contributed by atoms with Crippen LogP contribution in [0.25, 0.3) is 0 Å². The number of hydrogen-bond acceptors (Lipinski definition) is 8. The summed E-state index contributed by atoms with van der Waals surface area (Å²) in [4.78, 5) is 34.6. The zero-order valence-corrected chi connectivity index (χ0v) is 31.3. The van der Waals surface area contributed by atoms with E-state index in [4.69, 9.17) is 24.3 Å². The monoisotopic (exact) mass is 707 g/mol. The van der Waals surface area contributed by atoms with Gasteiger partial charge in [-0.15, -0.1) is 0 Å². The lowest BCUT2D eigenvalue weighted by molar-refractivity contribution is -0.161. The van der Waals surface area contributed by atoms with Crippen molar-refractivity contribution in [3.63, 3.8) is 0 Å². The van der Waals surface area contributed by atoms with Crippen LogP contribution in [0.3, 0.4) is 0 Å². The first-order valence-electron chi connectivity index (χ1n) is 18.5. The summed E-state index contributed by atoms with van der Waals surface area (Å²) in [6.45, 7) is 3.45. The molecular formula is C39H66NO8P. The van der Waals surface area contributed by atoms with Crippen molar-refractivity contribution in [1.29, 1.82) is 0 Å². The van der Waals surface area contributed by atoms with E-state index in [0.717, 1.165) is 51.4 Å². The molecule has 0 spiro atoms. The highest BCUT2D eigenvalue weighted by Crippen LogP contribution is 2.43. The van der Waals surface area contributed by atoms with Crippen LogP contribution in [0.2, 0.25) is 0 Å². The number of rotatable bonds is 33. The van der Waals surface area contributed by atoms with E-state index in [2.05, 4.69) is 44.2 Å². The molecule has 9 nitrogen and oxygen atoms in total. The van der Waals surface area contributed by atoms with E-state index in [-0.39, 0.29) is 32.6 Å². The van der Waals surface area contributed by atoms with Crippen LogP contribution in [0.1, 0.15) is 129 Å². The predicted molar refractivity (Wildman–Crippen MR) is 201 cm³/mol. The van der Waals surface area contributed by atoms with Gasteiger partial charge in [0.25, 0.3) is 0 Å². The number of phosphoric ester groups is 1. The van der Waals surface area contributed by atoms with Crippen LogP contribution >= 0.6 is 7.82 Å². The Morgan fingerprint density at radius 1 is 0.653 bits per heavy atom. The summed E-state index contributed by atoms with van der Waals surface area (Å²) in [5, 5.41) is 0. The average molecular weight is 708 g/mol. The van der Waals surface area contributed by atoms with E-state index < -0.39 is 32.5 Å². The SMILES string of the molecule is CC/C=C/C=C/C=C/C=C/CCCCCCCC(=O)OCC(COP(=O)(O)OCCN)OC(=O)CC/C=C/C/C=C/CCCCCCCC. The van der Waals surface area contributed by atoms with Crippen molar-refractivity contribution in [1.82, 2.24) is 0 Å². The summed E-state index contributed by atoms with van der Waals surface area (Å²) in [5.41, 5.74) is 5.32. The van der Waals surface area contributed by atoms with Gasteiger partial charge in [-0.25, -0.2) is 4.57 Å². The average Bonchev–Trinajstić information content (AvgIpc) is 3.08. The maximum absolute atomic E-state index is 12.5. The minimum absolute atomic E-state index is 0.0383. The van der Waals surface area contributed by atoms with Gasteiger partial charge in [0.05, 0.1) is 13.2 Å². The summed E-state index contributed by atoms with van der Waals surface area (Å²) in [6, 6.07) is 0. The van der Waals surface area contributed by atoms with Gasteiger partial charge in [0.1, 0.15) is 6.61 Å². The van der Waals surface area contributed by atoms with Gasteiger partial charge in [-0.3, -0.25) is 18.6 Å². The maximum atomic E-state index is 12.5. The van der Waals surface area contributed by atoms with E-state index in [0.29, 0.717) is 12.8 Å². The third-order valence-corrected chi connectivity index (χ3v) is 8.17. The first-order chi connectivity index (χ1) is 23.8. The minimum atomic E-state index is -4.39. The van der Waals surface area contributed by atoms with Gasteiger partial charge in [-0.2, -0.15) is 0 Å². The molecule has 0 aromatic rings. The van der Waals surface area contributed by atoms with Crippen LogP contribution in [-0.2, 0) is 32.7 Å². The molecule has 0 aromatic heterocycles. The number of esters is 2. The van der Waals surface area contributed by atoms with Gasteiger partial charge < -0.3 is 20.1 Å². The lowest BCUT2D eigenvalue weighted by Gasteiger charge is -2.19. The maximum Gasteiger partial charge on any atom is 0.472 e. The molecule has 0 aliphatic heterocycles. The Morgan fingerprint density at radius 2 is 1.24 bits per heavy atom. The standard InChI is InChI=1S/C39H66NO8P/c1-3-5-7-9-11-13-15-17-18-20-21-23-25-27-29-31-38(41)45-35-37(36-47-49(43,44)46-34-33-40)48-39(42)32-30-28-26-24-22-19-16-14-12-10-8-6-4-2/h5,7,9,11,13,15,17-19,22,26,28,37H,3-4,6,8,10,12,14,16,20-21,23-25,27,29-36,40H2,1-2H3,(H,43,44)/b7-5+,11-9+,15-13+,18-17+,22-19+,28-26+. The Hall–Kier alpha value is -2.55. The zero-order valence-electron chi connectivity index (χ0n) is 30.4. The predicted octanol–water partition coefficient (Wildman–Crippen LogP) is 9.93. The Bertz CT molecular complexity index is 1030. The summed E-state index contributed by atoms with van der Waals surface area (Å²) in [6.07, 6.45) is 40.9. The van der Waals surface area contributed by atoms with E-state index >= 15 is 0 Å². The van der Waals surface area contributed by atoms with Crippen molar-refractivity contribution in [2.45, 2.75) is 136 Å². The zero-order chi connectivity index (χ0) is 36.1. The summed E-state index contributed by atoms with van der Waals surface area (Å²) in [5.74, 6) is -0.944. The topological polar surface area (TPSA) is 134 Å². The number of unbranched alkanes of at least 4 members (excludes halogenated alkanes) is 11.